The second kappa shape index (κ2) is 60.2. The smallest absolute Gasteiger partial charge is 0.305 e. The molecule has 1 amide bonds. The van der Waals surface area contributed by atoms with Crippen molar-refractivity contribution in [2.24, 2.45) is 0 Å². The van der Waals surface area contributed by atoms with Gasteiger partial charge in [-0.1, -0.05) is 328 Å². The molecule has 2 unspecified atom stereocenters. The molecule has 0 rings (SSSR count). The van der Waals surface area contributed by atoms with Crippen LogP contribution in [-0.4, -0.2) is 47.4 Å². The van der Waals surface area contributed by atoms with Crippen LogP contribution in [-0.2, 0) is 14.3 Å². The first kappa shape index (κ1) is 68.6. The molecule has 0 saturated carbocycles. The second-order valence-electron chi connectivity index (χ2n) is 22.1. The molecule has 416 valence electrons. The lowest BCUT2D eigenvalue weighted by Crippen LogP contribution is -2.45. The highest BCUT2D eigenvalue weighted by atomic mass is 16.5. The molecule has 3 N–H and O–H groups in total. The number of allylic oxidation sites excluding steroid dienone is 1. The van der Waals surface area contributed by atoms with Gasteiger partial charge in [0.05, 0.1) is 25.4 Å². The number of nitrogens with one attached hydrogen (secondary N) is 1. The maximum Gasteiger partial charge on any atom is 0.305 e. The molecule has 0 aliphatic rings. The lowest BCUT2D eigenvalue weighted by atomic mass is 10.0. The van der Waals surface area contributed by atoms with Crippen molar-refractivity contribution in [3.05, 3.63) is 12.2 Å². The molecule has 0 radical (unpaired) electrons. The highest BCUT2D eigenvalue weighted by Gasteiger charge is 2.18. The monoisotopic (exact) mass is 988 g/mol. The van der Waals surface area contributed by atoms with Gasteiger partial charge >= 0.3 is 5.97 Å². The van der Waals surface area contributed by atoms with Gasteiger partial charge in [-0.25, -0.2) is 0 Å². The Kier molecular flexibility index (Phi) is 59.0. The number of hydrogen-bond acceptors (Lipinski definition) is 5. The summed E-state index contributed by atoms with van der Waals surface area (Å²) in [6, 6.07) is -0.629. The summed E-state index contributed by atoms with van der Waals surface area (Å²) in [6.45, 7) is 4.93. The summed E-state index contributed by atoms with van der Waals surface area (Å²) in [5, 5.41) is 23.2. The number of ether oxygens (including phenoxy) is 1. The third kappa shape index (κ3) is 55.9. The van der Waals surface area contributed by atoms with Gasteiger partial charge in [-0.2, -0.15) is 0 Å². The van der Waals surface area contributed by atoms with Crippen molar-refractivity contribution >= 4 is 11.9 Å². The molecule has 0 aliphatic heterocycles. The van der Waals surface area contributed by atoms with Crippen molar-refractivity contribution in [2.75, 3.05) is 13.2 Å². The number of carbonyl (C=O) groups is 2. The highest BCUT2D eigenvalue weighted by Crippen LogP contribution is 2.18. The van der Waals surface area contributed by atoms with Crippen LogP contribution in [0.3, 0.4) is 0 Å². The van der Waals surface area contributed by atoms with Gasteiger partial charge in [0.1, 0.15) is 0 Å². The van der Waals surface area contributed by atoms with Crippen LogP contribution in [0, 0.1) is 0 Å². The summed E-state index contributed by atoms with van der Waals surface area (Å²) in [5.74, 6) is -0.0524. The third-order valence-electron chi connectivity index (χ3n) is 15.1. The van der Waals surface area contributed by atoms with Gasteiger partial charge in [0, 0.05) is 12.8 Å². The Bertz CT molecular complexity index is 1050. The fourth-order valence-electron chi connectivity index (χ4n) is 10.2. The molecule has 0 fully saturated rings. The van der Waals surface area contributed by atoms with Crippen LogP contribution < -0.4 is 5.32 Å². The molecule has 0 aromatic heterocycles. The summed E-state index contributed by atoms with van der Waals surface area (Å²) in [4.78, 5) is 24.6. The van der Waals surface area contributed by atoms with Gasteiger partial charge in [0.2, 0.25) is 5.91 Å². The Morgan fingerprint density at radius 3 is 0.971 bits per heavy atom. The minimum absolute atomic E-state index is 0.0142. The van der Waals surface area contributed by atoms with Gasteiger partial charge in [-0.05, 0) is 32.1 Å². The molecule has 2 atom stereocenters. The molecular weight excluding hydrogens is 863 g/mol. The van der Waals surface area contributed by atoms with Crippen LogP contribution >= 0.6 is 0 Å². The molecular formula is C64H125NO5. The first-order chi connectivity index (χ1) is 34.5. The Morgan fingerprint density at radius 1 is 0.386 bits per heavy atom. The number of rotatable bonds is 60. The van der Waals surface area contributed by atoms with Crippen LogP contribution in [0.1, 0.15) is 361 Å². The third-order valence-corrected chi connectivity index (χ3v) is 15.1. The van der Waals surface area contributed by atoms with Crippen molar-refractivity contribution in [1.82, 2.24) is 5.32 Å². The largest absolute Gasteiger partial charge is 0.466 e. The molecule has 0 aliphatic carbocycles. The molecule has 0 spiro atoms. The van der Waals surface area contributed by atoms with Crippen LogP contribution in [0.15, 0.2) is 12.2 Å². The standard InChI is InChI=1S/C64H125NO5/c1-3-5-7-9-11-13-15-17-19-25-28-32-36-40-44-48-52-56-62(67)61(60-66)65-63(68)57-53-49-45-41-37-33-29-26-23-21-22-24-27-31-35-39-43-47-51-55-59-70-64(69)58-54-50-46-42-38-34-30-20-18-16-14-12-10-8-6-4-2/h52,56,61-62,66-67H,3-51,53-55,57-60H2,1-2H3,(H,65,68)/b56-52+. The number of unbranched alkanes of at least 4 members (excludes halogenated alkanes) is 49. The summed E-state index contributed by atoms with van der Waals surface area (Å²) in [7, 11) is 0. The van der Waals surface area contributed by atoms with Gasteiger partial charge in [-0.3, -0.25) is 9.59 Å². The van der Waals surface area contributed by atoms with Crippen molar-refractivity contribution in [3.8, 4) is 0 Å². The first-order valence-electron chi connectivity index (χ1n) is 32.0. The number of aliphatic hydroxyl groups is 2. The number of amides is 1. The van der Waals surface area contributed by atoms with E-state index in [0.29, 0.717) is 19.4 Å². The highest BCUT2D eigenvalue weighted by molar-refractivity contribution is 5.76. The number of carbonyl (C=O) groups excluding carboxylic acids is 2. The van der Waals surface area contributed by atoms with Crippen LogP contribution in [0.4, 0.5) is 0 Å². The van der Waals surface area contributed by atoms with Crippen LogP contribution in [0.2, 0.25) is 0 Å². The maximum atomic E-state index is 12.5. The van der Waals surface area contributed by atoms with Gasteiger partial charge in [-0.15, -0.1) is 0 Å². The Labute approximate surface area is 438 Å². The van der Waals surface area contributed by atoms with Gasteiger partial charge in [0.25, 0.3) is 0 Å². The lowest BCUT2D eigenvalue weighted by Gasteiger charge is -2.20. The summed E-state index contributed by atoms with van der Waals surface area (Å²) in [5.41, 5.74) is 0. The molecule has 0 aromatic carbocycles. The summed E-state index contributed by atoms with van der Waals surface area (Å²) < 4.78 is 5.50. The molecule has 0 heterocycles. The Morgan fingerprint density at radius 2 is 0.657 bits per heavy atom. The number of aliphatic hydroxyl groups excluding tert-OH is 2. The van der Waals surface area contributed by atoms with E-state index >= 15 is 0 Å². The predicted octanol–water partition coefficient (Wildman–Crippen LogP) is 20.0. The minimum atomic E-state index is -0.845. The zero-order valence-corrected chi connectivity index (χ0v) is 47.5. The lowest BCUT2D eigenvalue weighted by molar-refractivity contribution is -0.143. The maximum absolute atomic E-state index is 12.5. The molecule has 6 heteroatoms. The SMILES string of the molecule is CCCCCCCCCCCCCCCCC/C=C/C(O)C(CO)NC(=O)CCCCCCCCCCCCCCCCCCCCCCOC(=O)CCCCCCCCCCCCCCCCCC. The first-order valence-corrected chi connectivity index (χ1v) is 32.0. The number of esters is 1. The van der Waals surface area contributed by atoms with Crippen LogP contribution in [0.5, 0.6) is 0 Å². The van der Waals surface area contributed by atoms with E-state index in [9.17, 15) is 19.8 Å². The fraction of sp³-hybridized carbons (Fsp3) is 0.938. The fourth-order valence-corrected chi connectivity index (χ4v) is 10.2. The average molecular weight is 989 g/mol. The predicted molar refractivity (Wildman–Crippen MR) is 306 cm³/mol. The van der Waals surface area contributed by atoms with E-state index in [0.717, 1.165) is 38.5 Å². The summed E-state index contributed by atoms with van der Waals surface area (Å²) in [6.07, 6.45) is 72.5. The van der Waals surface area contributed by atoms with E-state index in [1.165, 1.54) is 295 Å². The minimum Gasteiger partial charge on any atom is -0.466 e. The van der Waals surface area contributed by atoms with E-state index < -0.39 is 12.1 Å². The van der Waals surface area contributed by atoms with Crippen molar-refractivity contribution in [1.29, 1.82) is 0 Å². The molecule has 0 bridgehead atoms. The topological polar surface area (TPSA) is 95.9 Å². The van der Waals surface area contributed by atoms with Crippen molar-refractivity contribution in [2.45, 2.75) is 373 Å². The van der Waals surface area contributed by atoms with Crippen LogP contribution in [0.25, 0.3) is 0 Å². The normalized spacial score (nSPS) is 12.6. The average Bonchev–Trinajstić information content (AvgIpc) is 3.36. The van der Waals surface area contributed by atoms with Gasteiger partial charge < -0.3 is 20.3 Å². The Balaban J connectivity index is 3.40. The van der Waals surface area contributed by atoms with E-state index in [2.05, 4.69) is 19.2 Å². The number of hydrogen-bond donors (Lipinski definition) is 3. The van der Waals surface area contributed by atoms with Crippen molar-refractivity contribution in [3.63, 3.8) is 0 Å². The molecule has 0 saturated heterocycles. The zero-order chi connectivity index (χ0) is 50.7. The molecule has 70 heavy (non-hydrogen) atoms. The van der Waals surface area contributed by atoms with Crippen molar-refractivity contribution < 1.29 is 24.5 Å². The second-order valence-corrected chi connectivity index (χ2v) is 22.1. The molecule has 6 nitrogen and oxygen atoms in total. The quantitative estimate of drug-likeness (QED) is 0.0321. The van der Waals surface area contributed by atoms with E-state index in [4.69, 9.17) is 4.74 Å². The summed E-state index contributed by atoms with van der Waals surface area (Å²) >= 11 is 0. The van der Waals surface area contributed by atoms with E-state index in [-0.39, 0.29) is 18.5 Å². The van der Waals surface area contributed by atoms with E-state index in [1.54, 1.807) is 6.08 Å². The zero-order valence-electron chi connectivity index (χ0n) is 47.5. The molecule has 0 aromatic rings. The Hall–Kier alpha value is -1.40. The van der Waals surface area contributed by atoms with Gasteiger partial charge in [0.15, 0.2) is 0 Å². The van der Waals surface area contributed by atoms with E-state index in [1.807, 2.05) is 6.08 Å².